The Hall–Kier alpha value is -1.81. The fourth-order valence-electron chi connectivity index (χ4n) is 2.61. The predicted octanol–water partition coefficient (Wildman–Crippen LogP) is 1.96. The van der Waals surface area contributed by atoms with Gasteiger partial charge in [-0.2, -0.15) is 0 Å². The van der Waals surface area contributed by atoms with Crippen LogP contribution >= 0.6 is 0 Å². The molecule has 2 aromatic rings. The number of piperazine rings is 1. The molecule has 3 rings (SSSR count). The quantitative estimate of drug-likeness (QED) is 0.892. The molecule has 4 nitrogen and oxygen atoms in total. The van der Waals surface area contributed by atoms with Crippen molar-refractivity contribution in [3.8, 4) is 5.75 Å². The highest BCUT2D eigenvalue weighted by Crippen LogP contribution is 2.32. The summed E-state index contributed by atoms with van der Waals surface area (Å²) in [6.07, 6.45) is 1.88. The lowest BCUT2D eigenvalue weighted by Gasteiger charge is -2.30. The molecule has 0 unspecified atom stereocenters. The minimum absolute atomic E-state index is 0.900. The normalized spacial score (nSPS) is 15.8. The summed E-state index contributed by atoms with van der Waals surface area (Å²) in [7, 11) is 1.72. The topological polar surface area (TPSA) is 37.4 Å². The SMILES string of the molecule is COc1cc(N2CCNCC2)c2nccc(C)c2c1. The number of anilines is 1. The van der Waals surface area contributed by atoms with Gasteiger partial charge < -0.3 is 15.0 Å². The van der Waals surface area contributed by atoms with Crippen LogP contribution in [0.3, 0.4) is 0 Å². The fraction of sp³-hybridized carbons (Fsp3) is 0.400. The maximum atomic E-state index is 5.44. The van der Waals surface area contributed by atoms with Crippen molar-refractivity contribution >= 4 is 16.6 Å². The molecule has 19 heavy (non-hydrogen) atoms. The summed E-state index contributed by atoms with van der Waals surface area (Å²) in [5.41, 5.74) is 3.49. The Kier molecular flexibility index (Phi) is 3.25. The molecule has 2 heterocycles. The van der Waals surface area contributed by atoms with Gasteiger partial charge in [0.25, 0.3) is 0 Å². The summed E-state index contributed by atoms with van der Waals surface area (Å²) in [5, 5.41) is 4.56. The molecular formula is C15H19N3O. The average Bonchev–Trinajstić information content (AvgIpc) is 2.48. The Labute approximate surface area is 113 Å². The van der Waals surface area contributed by atoms with Crippen LogP contribution in [-0.4, -0.2) is 38.3 Å². The van der Waals surface area contributed by atoms with Crippen LogP contribution in [-0.2, 0) is 0 Å². The molecule has 1 aromatic heterocycles. The molecule has 0 bridgehead atoms. The van der Waals surface area contributed by atoms with Gasteiger partial charge >= 0.3 is 0 Å². The molecule has 0 saturated carbocycles. The van der Waals surface area contributed by atoms with Gasteiger partial charge in [-0.15, -0.1) is 0 Å². The fourth-order valence-corrected chi connectivity index (χ4v) is 2.61. The van der Waals surface area contributed by atoms with E-state index >= 15 is 0 Å². The predicted molar refractivity (Wildman–Crippen MR) is 78.1 cm³/mol. The van der Waals surface area contributed by atoms with Gasteiger partial charge in [0.05, 0.1) is 18.3 Å². The number of benzene rings is 1. The van der Waals surface area contributed by atoms with Crippen molar-refractivity contribution in [1.29, 1.82) is 0 Å². The van der Waals surface area contributed by atoms with E-state index in [1.54, 1.807) is 7.11 Å². The number of ether oxygens (including phenoxy) is 1. The van der Waals surface area contributed by atoms with E-state index in [-0.39, 0.29) is 0 Å². The van der Waals surface area contributed by atoms with Crippen molar-refractivity contribution in [1.82, 2.24) is 10.3 Å². The van der Waals surface area contributed by atoms with E-state index in [1.807, 2.05) is 12.3 Å². The molecule has 0 amide bonds. The molecule has 1 aliphatic rings. The second kappa shape index (κ2) is 5.05. The van der Waals surface area contributed by atoms with Crippen molar-refractivity contribution < 1.29 is 4.74 Å². The third-order valence-electron chi connectivity index (χ3n) is 3.71. The minimum Gasteiger partial charge on any atom is -0.497 e. The molecule has 100 valence electrons. The summed E-state index contributed by atoms with van der Waals surface area (Å²) in [5.74, 6) is 0.900. The van der Waals surface area contributed by atoms with Crippen LogP contribution in [0.5, 0.6) is 5.75 Å². The Morgan fingerprint density at radius 1 is 1.26 bits per heavy atom. The van der Waals surface area contributed by atoms with E-state index in [0.29, 0.717) is 0 Å². The molecule has 0 aliphatic carbocycles. The lowest BCUT2D eigenvalue weighted by Crippen LogP contribution is -2.43. The van der Waals surface area contributed by atoms with Crippen LogP contribution in [0.15, 0.2) is 24.4 Å². The maximum Gasteiger partial charge on any atom is 0.121 e. The van der Waals surface area contributed by atoms with Gasteiger partial charge in [0.15, 0.2) is 0 Å². The number of aryl methyl sites for hydroxylation is 1. The molecule has 4 heteroatoms. The maximum absolute atomic E-state index is 5.44. The zero-order valence-electron chi connectivity index (χ0n) is 11.4. The largest absolute Gasteiger partial charge is 0.497 e. The zero-order valence-corrected chi connectivity index (χ0v) is 11.4. The van der Waals surface area contributed by atoms with Gasteiger partial charge in [-0.25, -0.2) is 0 Å². The number of methoxy groups -OCH3 is 1. The highest BCUT2D eigenvalue weighted by molar-refractivity contribution is 5.94. The highest BCUT2D eigenvalue weighted by Gasteiger charge is 2.16. The van der Waals surface area contributed by atoms with Crippen LogP contribution in [0.1, 0.15) is 5.56 Å². The Bertz CT molecular complexity index is 591. The van der Waals surface area contributed by atoms with Crippen LogP contribution < -0.4 is 15.0 Å². The van der Waals surface area contributed by atoms with Crippen molar-refractivity contribution in [2.45, 2.75) is 6.92 Å². The van der Waals surface area contributed by atoms with Crippen molar-refractivity contribution in [2.75, 3.05) is 38.2 Å². The van der Waals surface area contributed by atoms with Crippen LogP contribution in [0, 0.1) is 6.92 Å². The first kappa shape index (κ1) is 12.2. The van der Waals surface area contributed by atoms with Gasteiger partial charge in [-0.3, -0.25) is 4.98 Å². The summed E-state index contributed by atoms with van der Waals surface area (Å²) >= 11 is 0. The molecule has 1 fully saturated rings. The van der Waals surface area contributed by atoms with Crippen LogP contribution in [0.4, 0.5) is 5.69 Å². The van der Waals surface area contributed by atoms with Gasteiger partial charge in [-0.05, 0) is 24.6 Å². The number of pyridine rings is 1. The first-order valence-electron chi connectivity index (χ1n) is 6.68. The monoisotopic (exact) mass is 257 g/mol. The Balaban J connectivity index is 2.18. The molecule has 1 aliphatic heterocycles. The third kappa shape index (κ3) is 2.24. The molecule has 1 N–H and O–H groups in total. The molecule has 0 spiro atoms. The smallest absolute Gasteiger partial charge is 0.121 e. The summed E-state index contributed by atoms with van der Waals surface area (Å²) < 4.78 is 5.44. The van der Waals surface area contributed by atoms with Gasteiger partial charge in [0.2, 0.25) is 0 Å². The molecule has 1 aromatic carbocycles. The Morgan fingerprint density at radius 3 is 2.79 bits per heavy atom. The standard InChI is InChI=1S/C15H19N3O/c1-11-3-4-17-15-13(11)9-12(19-2)10-14(15)18-7-5-16-6-8-18/h3-4,9-10,16H,5-8H2,1-2H3. The van der Waals surface area contributed by atoms with Crippen molar-refractivity contribution in [3.63, 3.8) is 0 Å². The third-order valence-corrected chi connectivity index (χ3v) is 3.71. The van der Waals surface area contributed by atoms with Crippen LogP contribution in [0.25, 0.3) is 10.9 Å². The minimum atomic E-state index is 0.900. The second-order valence-corrected chi connectivity index (χ2v) is 4.91. The van der Waals surface area contributed by atoms with Gasteiger partial charge in [0, 0.05) is 43.8 Å². The molecule has 1 saturated heterocycles. The highest BCUT2D eigenvalue weighted by atomic mass is 16.5. The molecular weight excluding hydrogens is 238 g/mol. The van der Waals surface area contributed by atoms with Gasteiger partial charge in [0.1, 0.15) is 5.75 Å². The summed E-state index contributed by atoms with van der Waals surface area (Å²) in [6, 6.07) is 6.22. The van der Waals surface area contributed by atoms with E-state index in [9.17, 15) is 0 Å². The van der Waals surface area contributed by atoms with E-state index in [4.69, 9.17) is 4.74 Å². The lowest BCUT2D eigenvalue weighted by molar-refractivity contribution is 0.415. The summed E-state index contributed by atoms with van der Waals surface area (Å²) in [6.45, 7) is 6.18. The zero-order chi connectivity index (χ0) is 13.2. The van der Waals surface area contributed by atoms with Crippen molar-refractivity contribution in [3.05, 3.63) is 30.0 Å². The number of hydrogen-bond acceptors (Lipinski definition) is 4. The number of rotatable bonds is 2. The number of aromatic nitrogens is 1. The summed E-state index contributed by atoms with van der Waals surface area (Å²) in [4.78, 5) is 6.96. The number of hydrogen-bond donors (Lipinski definition) is 1. The first-order valence-corrected chi connectivity index (χ1v) is 6.68. The van der Waals surface area contributed by atoms with E-state index in [0.717, 1.165) is 37.4 Å². The molecule has 0 atom stereocenters. The lowest BCUT2D eigenvalue weighted by atomic mass is 10.1. The van der Waals surface area contributed by atoms with Crippen LogP contribution in [0.2, 0.25) is 0 Å². The number of nitrogens with zero attached hydrogens (tertiary/aromatic N) is 2. The second-order valence-electron chi connectivity index (χ2n) is 4.91. The van der Waals surface area contributed by atoms with E-state index in [1.165, 1.54) is 16.6 Å². The van der Waals surface area contributed by atoms with Gasteiger partial charge in [-0.1, -0.05) is 0 Å². The van der Waals surface area contributed by atoms with Crippen molar-refractivity contribution in [2.24, 2.45) is 0 Å². The molecule has 0 radical (unpaired) electrons. The average molecular weight is 257 g/mol. The number of nitrogens with one attached hydrogen (secondary N) is 1. The van der Waals surface area contributed by atoms with E-state index < -0.39 is 0 Å². The van der Waals surface area contributed by atoms with E-state index in [2.05, 4.69) is 34.3 Å². The Morgan fingerprint density at radius 2 is 2.05 bits per heavy atom. The first-order chi connectivity index (χ1) is 9.29. The number of fused-ring (bicyclic) bond motifs is 1.